The van der Waals surface area contributed by atoms with Crippen molar-refractivity contribution in [3.8, 4) is 21.5 Å². The highest BCUT2D eigenvalue weighted by atomic mass is 35.5. The van der Waals surface area contributed by atoms with E-state index in [1.165, 1.54) is 15.8 Å². The number of carboxylic acids is 1. The number of aliphatic carboxylic acids is 1. The summed E-state index contributed by atoms with van der Waals surface area (Å²) in [5.74, 6) is -1.95. The van der Waals surface area contributed by atoms with E-state index in [1.54, 1.807) is 53.0 Å². The molecule has 14 rings (SSSR count). The Morgan fingerprint density at radius 3 is 1.36 bits per heavy atom. The van der Waals surface area contributed by atoms with Crippen LogP contribution in [0.4, 0.5) is 0 Å². The van der Waals surface area contributed by atoms with Crippen LogP contribution in [-0.2, 0) is 28.8 Å². The Balaban J connectivity index is 0.000000184. The third kappa shape index (κ3) is 15.6. The molecule has 3 N–H and O–H groups in total. The third-order valence-electron chi connectivity index (χ3n) is 18.7. The molecule has 0 spiro atoms. The van der Waals surface area contributed by atoms with E-state index in [1.807, 2.05) is 71.5 Å². The van der Waals surface area contributed by atoms with Crippen LogP contribution in [0.3, 0.4) is 0 Å². The van der Waals surface area contributed by atoms with Crippen LogP contribution in [0, 0.1) is 41.5 Å². The van der Waals surface area contributed by atoms with Gasteiger partial charge in [-0.25, -0.2) is 0 Å². The van der Waals surface area contributed by atoms with Gasteiger partial charge in [-0.15, -0.1) is 43.1 Å². The second-order valence-corrected chi connectivity index (χ2v) is 28.9. The molecule has 2 saturated heterocycles. The number of nitrogens with zero attached hydrogens (tertiary/aromatic N) is 10. The number of imide groups is 4. The molecular formula is C76H80Cl2N12O13S2. The number of unbranched alkanes of at least 4 members (excludes halogenated alkanes) is 4. The Labute approximate surface area is 624 Å². The number of ether oxygens (including phenoxy) is 2. The lowest BCUT2D eigenvalue weighted by Gasteiger charge is -2.27. The molecule has 25 nitrogen and oxygen atoms in total. The van der Waals surface area contributed by atoms with Gasteiger partial charge in [0.1, 0.15) is 63.1 Å². The minimum Gasteiger partial charge on any atom is -0.493 e. The lowest BCUT2D eigenvalue weighted by atomic mass is 9.99. The van der Waals surface area contributed by atoms with Gasteiger partial charge in [0.2, 0.25) is 23.6 Å². The van der Waals surface area contributed by atoms with Gasteiger partial charge in [0.25, 0.3) is 23.6 Å². The minimum absolute atomic E-state index is 0. The molecule has 29 heteroatoms. The van der Waals surface area contributed by atoms with Crippen molar-refractivity contribution in [2.24, 2.45) is 9.98 Å². The Bertz CT molecular complexity index is 4860. The SMILES string of the molecule is C.C.CCCCCOc1cccc2c1C(=O)N(C1CCC(=O)NC1=O)C2=O.Cc1sc2c(c1C)C(c1ccc(Cl)cc1)=N[C@@H](CC(=O)CCCCCOc1cccc3c1C(=O)N(C1CCC(=O)NC1=O)C3=O)c1nnc(C)n1-2.Cc1sc2c(c1C)C(c1ccc(Cl)cc1)=N[C@@H](CC(=O)O)c1nnc(C)n1-2. The van der Waals surface area contributed by atoms with Gasteiger partial charge in [-0.2, -0.15) is 0 Å². The van der Waals surface area contributed by atoms with E-state index < -0.39 is 77.4 Å². The van der Waals surface area contributed by atoms with Gasteiger partial charge in [-0.3, -0.25) is 87.5 Å². The molecule has 0 bridgehead atoms. The summed E-state index contributed by atoms with van der Waals surface area (Å²) in [5, 5.41) is 34.3. The number of halogens is 2. The van der Waals surface area contributed by atoms with E-state index >= 15 is 0 Å². The fourth-order valence-electron chi connectivity index (χ4n) is 13.3. The molecule has 4 aromatic heterocycles. The van der Waals surface area contributed by atoms with Crippen LogP contribution in [-0.4, -0.2) is 140 Å². The quantitative estimate of drug-likeness (QED) is 0.0471. The summed E-state index contributed by atoms with van der Waals surface area (Å²) >= 11 is 15.6. The van der Waals surface area contributed by atoms with E-state index in [0.717, 1.165) is 95.5 Å². The van der Waals surface area contributed by atoms with Gasteiger partial charge in [-0.05, 0) is 140 Å². The number of amides is 8. The number of hydrogen-bond donors (Lipinski definition) is 3. The topological polar surface area (TPSA) is 326 Å². The second-order valence-electron chi connectivity index (χ2n) is 25.6. The predicted octanol–water partition coefficient (Wildman–Crippen LogP) is 13.0. The lowest BCUT2D eigenvalue weighted by Crippen LogP contribution is -2.54. The number of fused-ring (bicyclic) bond motifs is 8. The van der Waals surface area contributed by atoms with Crippen molar-refractivity contribution in [3.05, 3.63) is 184 Å². The van der Waals surface area contributed by atoms with Crippen molar-refractivity contribution in [3.63, 3.8) is 0 Å². The Morgan fingerprint density at radius 2 is 0.952 bits per heavy atom. The number of carboxylic acid groups (broad SMARTS) is 1. The van der Waals surface area contributed by atoms with Gasteiger partial charge in [0.15, 0.2) is 11.6 Å². The van der Waals surface area contributed by atoms with E-state index in [9.17, 15) is 53.1 Å². The van der Waals surface area contributed by atoms with Crippen molar-refractivity contribution in [2.45, 2.75) is 171 Å². The molecule has 8 amide bonds. The Hall–Kier alpha value is -10.2. The summed E-state index contributed by atoms with van der Waals surface area (Å²) in [5.41, 5.74) is 8.36. The van der Waals surface area contributed by atoms with Crippen molar-refractivity contribution in [2.75, 3.05) is 13.2 Å². The van der Waals surface area contributed by atoms with Gasteiger partial charge < -0.3 is 14.6 Å². The zero-order valence-corrected chi connectivity index (χ0v) is 60.5. The molecule has 105 heavy (non-hydrogen) atoms. The number of aromatic nitrogens is 6. The first-order valence-corrected chi connectivity index (χ1v) is 36.2. The highest BCUT2D eigenvalue weighted by molar-refractivity contribution is 7.15. The molecule has 0 aliphatic carbocycles. The predicted molar refractivity (Wildman–Crippen MR) is 397 cm³/mol. The van der Waals surface area contributed by atoms with Gasteiger partial charge in [0, 0.05) is 67.7 Å². The summed E-state index contributed by atoms with van der Waals surface area (Å²) in [6.07, 6.45) is 5.62. The number of nitrogens with one attached hydrogen (secondary N) is 2. The molecule has 4 aromatic carbocycles. The van der Waals surface area contributed by atoms with Crippen LogP contribution >= 0.6 is 45.9 Å². The number of aryl methyl sites for hydroxylation is 4. The van der Waals surface area contributed by atoms with E-state index in [2.05, 4.69) is 65.6 Å². The molecule has 6 aliphatic rings. The molecule has 0 saturated carbocycles. The van der Waals surface area contributed by atoms with Gasteiger partial charge >= 0.3 is 5.97 Å². The molecule has 2 fully saturated rings. The number of carbonyl (C=O) groups is 10. The van der Waals surface area contributed by atoms with E-state index in [-0.39, 0.29) is 93.8 Å². The van der Waals surface area contributed by atoms with Gasteiger partial charge in [0.05, 0.1) is 53.3 Å². The summed E-state index contributed by atoms with van der Waals surface area (Å²) < 4.78 is 15.6. The lowest BCUT2D eigenvalue weighted by molar-refractivity contribution is -0.138. The Morgan fingerprint density at radius 1 is 0.533 bits per heavy atom. The van der Waals surface area contributed by atoms with Crippen molar-refractivity contribution in [1.29, 1.82) is 0 Å². The molecule has 2 unspecified atom stereocenters. The van der Waals surface area contributed by atoms with E-state index in [0.29, 0.717) is 59.7 Å². The zero-order valence-electron chi connectivity index (χ0n) is 57.4. The Kier molecular flexibility index (Phi) is 24.2. The third-order valence-corrected chi connectivity index (χ3v) is 21.6. The van der Waals surface area contributed by atoms with Crippen LogP contribution in [0.1, 0.15) is 225 Å². The van der Waals surface area contributed by atoms with Crippen LogP contribution < -0.4 is 20.1 Å². The number of Topliss-reactive ketones (excluding diaryl/α,β-unsaturated/α-hetero) is 1. The normalized spacial score (nSPS) is 17.6. The first-order chi connectivity index (χ1) is 49.4. The number of ketones is 1. The number of rotatable bonds is 20. The highest BCUT2D eigenvalue weighted by Gasteiger charge is 2.48. The molecule has 0 radical (unpaired) electrons. The summed E-state index contributed by atoms with van der Waals surface area (Å²) in [6, 6.07) is 21.5. The number of thiophene rings is 2. The average molecular weight is 1500 g/mol. The second kappa shape index (κ2) is 32.8. The van der Waals surface area contributed by atoms with Crippen molar-refractivity contribution < 1.29 is 62.5 Å². The van der Waals surface area contributed by atoms with Crippen LogP contribution in [0.5, 0.6) is 11.5 Å². The number of carbonyl (C=O) groups excluding carboxylic acids is 9. The van der Waals surface area contributed by atoms with Crippen LogP contribution in [0.15, 0.2) is 94.9 Å². The van der Waals surface area contributed by atoms with Crippen molar-refractivity contribution >= 4 is 116 Å². The molecular weight excluding hydrogens is 1420 g/mol. The number of hydrogen-bond acceptors (Lipinski definition) is 20. The minimum atomic E-state index is -1.05. The fourth-order valence-corrected chi connectivity index (χ4v) is 16.0. The molecule has 4 atom stereocenters. The summed E-state index contributed by atoms with van der Waals surface area (Å²) in [4.78, 5) is 138. The largest absolute Gasteiger partial charge is 0.493 e. The molecule has 10 heterocycles. The number of piperidine rings is 2. The first kappa shape index (κ1) is 77.4. The van der Waals surface area contributed by atoms with Gasteiger partial charge in [-0.1, -0.05) is 94.2 Å². The first-order valence-electron chi connectivity index (χ1n) is 33.8. The number of benzene rings is 4. The summed E-state index contributed by atoms with van der Waals surface area (Å²) in [6.45, 7) is 14.9. The summed E-state index contributed by atoms with van der Waals surface area (Å²) in [7, 11) is 0. The highest BCUT2D eigenvalue weighted by Crippen LogP contribution is 2.43. The number of aliphatic imine (C=N–C) groups is 2. The molecule has 6 aliphatic heterocycles. The molecule has 8 aromatic rings. The fraction of sp³-hybridized carbons (Fsp3) is 0.368. The maximum absolute atomic E-state index is 13.4. The maximum atomic E-state index is 13.4. The monoisotopic (exact) mass is 1500 g/mol. The van der Waals surface area contributed by atoms with Crippen LogP contribution in [0.2, 0.25) is 10.0 Å². The van der Waals surface area contributed by atoms with Crippen LogP contribution in [0.25, 0.3) is 10.0 Å². The van der Waals surface area contributed by atoms with Crippen molar-refractivity contribution in [1.82, 2.24) is 50.0 Å². The molecule has 548 valence electrons. The van der Waals surface area contributed by atoms with E-state index in [4.69, 9.17) is 42.7 Å². The standard InChI is InChI=1S/C37H35ClN6O6S.C19H17ClN4O2S.C18H20N2O5.2CH4/c1-19-20(2)51-37-30(19)32(22-11-13-23(38)14-12-22)39-26(33-42-41-21(3)43(33)37)18-24(45)8-5-4-6-17-50-28-10-7-9-25-31(28)36(49)44(35(25)48)27-15-16-29(46)40-34(27)47;1-9-10(2)27-19-16(9)17(12-4-6-13(20)7-5-12)21-14(8-15(25)26)18-23-22-11(3)24(18)19;1-2-3-4-10-25-13-7-5-6-11-15(13)18(24)20(17(11)23)12-8-9-14(21)19-16(12)22;;/h7,9-14,26-27H,4-6,8,15-18H2,1-3H3,(H,40,46,47);4-7,14H,8H2,1-3H3,(H,25,26);5-7,12H,2-4,8-10H2,1H3,(H,19,21,22);2*1H4/t26-,27?;14-;;;/m00.../s1. The zero-order chi connectivity index (χ0) is 73.2. The maximum Gasteiger partial charge on any atom is 0.306 e. The smallest absolute Gasteiger partial charge is 0.306 e. The average Bonchev–Trinajstić information content (AvgIpc) is 1.62.